The number of aryl methyl sites for hydroxylation is 1. The van der Waals surface area contributed by atoms with Crippen molar-refractivity contribution in [2.45, 2.75) is 39.0 Å². The zero-order chi connectivity index (χ0) is 25.4. The first-order chi connectivity index (χ1) is 16.9. The van der Waals surface area contributed by atoms with Crippen LogP contribution in [0.4, 0.5) is 0 Å². The second-order valence-corrected chi connectivity index (χ2v) is 7.58. The Morgan fingerprint density at radius 2 is 1.83 bits per heavy atom. The maximum absolute atomic E-state index is 12.9. The molecule has 0 spiro atoms. The summed E-state index contributed by atoms with van der Waals surface area (Å²) in [5, 5.41) is 0.569. The van der Waals surface area contributed by atoms with E-state index in [-0.39, 0.29) is 24.7 Å². The number of carbonyl (C=O) groups is 1. The van der Waals surface area contributed by atoms with E-state index in [0.717, 1.165) is 0 Å². The van der Waals surface area contributed by atoms with Gasteiger partial charge in [-0.1, -0.05) is 31.2 Å². The fraction of sp³-hybridized carbons (Fsp3) is 0.333. The summed E-state index contributed by atoms with van der Waals surface area (Å²) in [4.78, 5) is 38.1. The molecule has 0 aliphatic rings. The summed E-state index contributed by atoms with van der Waals surface area (Å²) >= 11 is 0. The van der Waals surface area contributed by atoms with E-state index in [1.54, 1.807) is 41.8 Å². The summed E-state index contributed by atoms with van der Waals surface area (Å²) in [5.41, 5.74) is 12.3. The van der Waals surface area contributed by atoms with E-state index < -0.39 is 18.1 Å². The van der Waals surface area contributed by atoms with Crippen LogP contribution < -0.4 is 27.7 Å². The molecule has 2 atom stereocenters. The van der Waals surface area contributed by atoms with E-state index in [0.29, 0.717) is 41.0 Å². The third-order valence-electron chi connectivity index (χ3n) is 5.33. The number of para-hydroxylation sites is 1. The number of aromatic nitrogens is 2. The normalized spacial score (nSPS) is 12.7. The van der Waals surface area contributed by atoms with E-state index in [2.05, 4.69) is 14.8 Å². The molecule has 2 unspecified atom stereocenters. The molecule has 11 nitrogen and oxygen atoms in total. The second-order valence-electron chi connectivity index (χ2n) is 7.58. The third kappa shape index (κ3) is 6.14. The van der Waals surface area contributed by atoms with E-state index in [1.165, 1.54) is 0 Å². The van der Waals surface area contributed by atoms with Crippen LogP contribution in [0.3, 0.4) is 0 Å². The first-order valence-corrected chi connectivity index (χ1v) is 11.2. The number of benzene rings is 2. The molecule has 0 radical (unpaired) electrons. The Kier molecular flexibility index (Phi) is 8.76. The summed E-state index contributed by atoms with van der Waals surface area (Å²) in [6.07, 6.45) is -0.508. The van der Waals surface area contributed by atoms with Gasteiger partial charge in [0, 0.05) is 13.0 Å². The molecule has 2 aromatic carbocycles. The topological polar surface area (TPSA) is 170 Å². The van der Waals surface area contributed by atoms with Gasteiger partial charge in [0.05, 0.1) is 17.4 Å². The Balaban J connectivity index is 1.76. The smallest absolute Gasteiger partial charge is 0.356 e. The maximum atomic E-state index is 12.9. The molecule has 11 heteroatoms. The van der Waals surface area contributed by atoms with Crippen LogP contribution in [0.2, 0.25) is 0 Å². The molecule has 1 heterocycles. The van der Waals surface area contributed by atoms with Crippen molar-refractivity contribution in [2.75, 3.05) is 13.2 Å². The highest BCUT2D eigenvalue weighted by Crippen LogP contribution is 2.26. The van der Waals surface area contributed by atoms with Crippen molar-refractivity contribution in [3.63, 3.8) is 0 Å². The van der Waals surface area contributed by atoms with E-state index in [9.17, 15) is 9.59 Å². The molecular weight excluding hydrogens is 452 g/mol. The predicted octanol–water partition coefficient (Wildman–Crippen LogP) is 1.17. The zero-order valence-corrected chi connectivity index (χ0v) is 19.7. The lowest BCUT2D eigenvalue weighted by Crippen LogP contribution is -2.36. The van der Waals surface area contributed by atoms with Gasteiger partial charge >= 0.3 is 5.97 Å². The summed E-state index contributed by atoms with van der Waals surface area (Å²) in [7, 11) is 0. The van der Waals surface area contributed by atoms with Gasteiger partial charge in [0.25, 0.3) is 5.56 Å². The number of hydrogen-bond acceptors (Lipinski definition) is 8. The standard InChI is InChI=1S/C24H30N6O5/c1-3-19-28-18-8-6-5-7-17(18)22(31)30(19)13-14-34-16-11-9-15(10-12-16)20(29-24(25)26)21(33-4-2)23(32)35-27/h5-12,20-21H,3-4,13-14,27H2,1-2H3,(H4,25,26,29). The van der Waals surface area contributed by atoms with Gasteiger partial charge in [-0.2, -0.15) is 5.90 Å². The minimum atomic E-state index is -1.13. The molecular formula is C24H30N6O5. The molecule has 0 saturated heterocycles. The molecule has 0 aliphatic heterocycles. The number of guanidine groups is 1. The van der Waals surface area contributed by atoms with Gasteiger partial charge in [0.15, 0.2) is 12.1 Å². The Morgan fingerprint density at radius 1 is 1.11 bits per heavy atom. The lowest BCUT2D eigenvalue weighted by atomic mass is 10.0. The highest BCUT2D eigenvalue weighted by molar-refractivity contribution is 5.79. The van der Waals surface area contributed by atoms with Crippen LogP contribution in [-0.2, 0) is 27.3 Å². The molecule has 3 aromatic rings. The third-order valence-corrected chi connectivity index (χ3v) is 5.33. The minimum absolute atomic E-state index is 0.0970. The number of hydrogen-bond donors (Lipinski definition) is 3. The maximum Gasteiger partial charge on any atom is 0.356 e. The SMILES string of the molecule is CCOC(C(=O)ON)C(N=C(N)N)c1ccc(OCCn2c(CC)nc3ccccc3c2=O)cc1. The van der Waals surface area contributed by atoms with Crippen molar-refractivity contribution in [1.82, 2.24) is 9.55 Å². The van der Waals surface area contributed by atoms with Crippen LogP contribution in [0.25, 0.3) is 10.9 Å². The van der Waals surface area contributed by atoms with Crippen molar-refractivity contribution >= 4 is 22.8 Å². The molecule has 0 saturated carbocycles. The lowest BCUT2D eigenvalue weighted by molar-refractivity contribution is -0.159. The van der Waals surface area contributed by atoms with Gasteiger partial charge < -0.3 is 25.8 Å². The minimum Gasteiger partial charge on any atom is -0.492 e. The second kappa shape index (κ2) is 12.0. The predicted molar refractivity (Wildman–Crippen MR) is 132 cm³/mol. The summed E-state index contributed by atoms with van der Waals surface area (Å²) < 4.78 is 13.0. The van der Waals surface area contributed by atoms with Gasteiger partial charge in [-0.3, -0.25) is 9.36 Å². The van der Waals surface area contributed by atoms with Crippen LogP contribution in [0.15, 0.2) is 58.3 Å². The van der Waals surface area contributed by atoms with Crippen LogP contribution >= 0.6 is 0 Å². The van der Waals surface area contributed by atoms with Crippen LogP contribution in [-0.4, -0.2) is 40.8 Å². The van der Waals surface area contributed by atoms with E-state index in [4.69, 9.17) is 26.8 Å². The Morgan fingerprint density at radius 3 is 2.46 bits per heavy atom. The highest BCUT2D eigenvalue weighted by atomic mass is 16.7. The Labute approximate surface area is 202 Å². The zero-order valence-electron chi connectivity index (χ0n) is 19.7. The van der Waals surface area contributed by atoms with Gasteiger partial charge in [-0.15, -0.1) is 0 Å². The fourth-order valence-corrected chi connectivity index (χ4v) is 3.74. The largest absolute Gasteiger partial charge is 0.492 e. The molecule has 3 rings (SSSR count). The number of ether oxygens (including phenoxy) is 2. The summed E-state index contributed by atoms with van der Waals surface area (Å²) in [5.74, 6) is 5.29. The molecule has 0 amide bonds. The molecule has 0 bridgehead atoms. The number of nitrogens with two attached hydrogens (primary N) is 3. The molecule has 6 N–H and O–H groups in total. The Hall–Kier alpha value is -3.96. The fourth-order valence-electron chi connectivity index (χ4n) is 3.74. The van der Waals surface area contributed by atoms with Crippen LogP contribution in [0.1, 0.15) is 31.3 Å². The summed E-state index contributed by atoms with van der Waals surface area (Å²) in [6, 6.07) is 13.3. The highest BCUT2D eigenvalue weighted by Gasteiger charge is 2.32. The van der Waals surface area contributed by atoms with Gasteiger partial charge in [0.1, 0.15) is 24.2 Å². The van der Waals surface area contributed by atoms with Crippen molar-refractivity contribution in [2.24, 2.45) is 22.4 Å². The van der Waals surface area contributed by atoms with Gasteiger partial charge in [-0.05, 0) is 36.8 Å². The van der Waals surface area contributed by atoms with Crippen molar-refractivity contribution in [3.05, 3.63) is 70.3 Å². The average Bonchev–Trinajstić information content (AvgIpc) is 2.87. The van der Waals surface area contributed by atoms with E-state index >= 15 is 0 Å². The number of rotatable bonds is 11. The molecule has 186 valence electrons. The number of fused-ring (bicyclic) bond motifs is 1. The van der Waals surface area contributed by atoms with Crippen molar-refractivity contribution in [1.29, 1.82) is 0 Å². The Bertz CT molecular complexity index is 1240. The van der Waals surface area contributed by atoms with Crippen LogP contribution in [0, 0.1) is 0 Å². The van der Waals surface area contributed by atoms with Crippen molar-refractivity contribution < 1.29 is 19.1 Å². The van der Waals surface area contributed by atoms with Crippen LogP contribution in [0.5, 0.6) is 5.75 Å². The quantitative estimate of drug-likeness (QED) is 0.206. The lowest BCUT2D eigenvalue weighted by Gasteiger charge is -2.22. The average molecular weight is 483 g/mol. The molecule has 35 heavy (non-hydrogen) atoms. The molecule has 0 fully saturated rings. The monoisotopic (exact) mass is 482 g/mol. The number of nitrogens with zero attached hydrogens (tertiary/aromatic N) is 3. The summed E-state index contributed by atoms with van der Waals surface area (Å²) in [6.45, 7) is 4.49. The van der Waals surface area contributed by atoms with Gasteiger partial charge in [0.2, 0.25) is 0 Å². The number of carbonyl (C=O) groups excluding carboxylic acids is 1. The van der Waals surface area contributed by atoms with Gasteiger partial charge in [-0.25, -0.2) is 14.8 Å². The molecule has 0 aliphatic carbocycles. The first-order valence-electron chi connectivity index (χ1n) is 11.2. The molecule has 1 aromatic heterocycles. The van der Waals surface area contributed by atoms with Crippen molar-refractivity contribution in [3.8, 4) is 5.75 Å². The van der Waals surface area contributed by atoms with E-state index in [1.807, 2.05) is 25.1 Å². The number of aliphatic imine (C=N–C) groups is 1. The first kappa shape index (κ1) is 25.7.